The number of hydrogen-bond acceptors (Lipinski definition) is 4. The lowest BCUT2D eigenvalue weighted by Gasteiger charge is -2.21. The van der Waals surface area contributed by atoms with Crippen LogP contribution in [0.15, 0.2) is 72.1 Å². The number of carbonyl (C=O) groups is 2. The molecule has 0 spiro atoms. The van der Waals surface area contributed by atoms with Crippen molar-refractivity contribution < 1.29 is 9.59 Å². The first-order chi connectivity index (χ1) is 14.1. The normalized spacial score (nSPS) is 11.8. The first kappa shape index (κ1) is 20.8. The molecule has 1 aromatic heterocycles. The van der Waals surface area contributed by atoms with Crippen LogP contribution in [0, 0.1) is 0 Å². The van der Waals surface area contributed by atoms with Crippen LogP contribution in [0.2, 0.25) is 0 Å². The highest BCUT2D eigenvalue weighted by Gasteiger charge is 2.18. The molecule has 150 valence electrons. The molecule has 0 saturated carbocycles. The second-order valence-electron chi connectivity index (χ2n) is 6.87. The zero-order chi connectivity index (χ0) is 20.6. The molecule has 0 aliphatic heterocycles. The van der Waals surface area contributed by atoms with Gasteiger partial charge >= 0.3 is 0 Å². The highest BCUT2D eigenvalue weighted by Crippen LogP contribution is 2.25. The molecule has 1 heterocycles. The van der Waals surface area contributed by atoms with E-state index in [4.69, 9.17) is 0 Å². The Morgan fingerprint density at radius 3 is 2.34 bits per heavy atom. The van der Waals surface area contributed by atoms with E-state index in [9.17, 15) is 9.59 Å². The van der Waals surface area contributed by atoms with Crippen LogP contribution >= 0.6 is 11.3 Å². The Bertz CT molecular complexity index is 925. The number of hydrogen-bond donors (Lipinski definition) is 2. The average Bonchev–Trinajstić information content (AvgIpc) is 3.27. The Kier molecular flexibility index (Phi) is 7.16. The van der Waals surface area contributed by atoms with Gasteiger partial charge in [0.25, 0.3) is 5.91 Å². The van der Waals surface area contributed by atoms with Gasteiger partial charge in [0, 0.05) is 24.0 Å². The molecule has 3 rings (SSSR count). The van der Waals surface area contributed by atoms with E-state index in [2.05, 4.69) is 10.6 Å². The Labute approximate surface area is 175 Å². The molecule has 2 aromatic carbocycles. The molecule has 0 aliphatic carbocycles. The van der Waals surface area contributed by atoms with E-state index < -0.39 is 0 Å². The molecule has 29 heavy (non-hydrogen) atoms. The van der Waals surface area contributed by atoms with Gasteiger partial charge in [0.2, 0.25) is 5.91 Å². The highest BCUT2D eigenvalue weighted by molar-refractivity contribution is 7.10. The maximum atomic E-state index is 12.7. The molecule has 2 N–H and O–H groups in total. The summed E-state index contributed by atoms with van der Waals surface area (Å²) in [5.41, 5.74) is 2.74. The summed E-state index contributed by atoms with van der Waals surface area (Å²) in [5.74, 6) is -0.137. The van der Waals surface area contributed by atoms with Crippen LogP contribution in [0.3, 0.4) is 0 Å². The molecule has 0 saturated heterocycles. The lowest BCUT2D eigenvalue weighted by molar-refractivity contribution is -0.122. The van der Waals surface area contributed by atoms with Crippen LogP contribution < -0.4 is 10.6 Å². The quantitative estimate of drug-likeness (QED) is 0.601. The summed E-state index contributed by atoms with van der Waals surface area (Å²) in [4.78, 5) is 27.4. The van der Waals surface area contributed by atoms with Gasteiger partial charge in [-0.3, -0.25) is 14.5 Å². The summed E-state index contributed by atoms with van der Waals surface area (Å²) in [7, 11) is 3.52. The number of carbonyl (C=O) groups excluding carboxylic acids is 2. The third-order valence-electron chi connectivity index (χ3n) is 4.58. The Morgan fingerprint density at radius 2 is 1.72 bits per heavy atom. The molecular formula is C23H25N3O2S. The van der Waals surface area contributed by atoms with Gasteiger partial charge in [-0.05, 0) is 41.8 Å². The van der Waals surface area contributed by atoms with E-state index in [1.807, 2.05) is 71.9 Å². The third-order valence-corrected chi connectivity index (χ3v) is 5.51. The molecule has 5 nitrogen and oxygen atoms in total. The van der Waals surface area contributed by atoms with Crippen LogP contribution in [0.1, 0.15) is 32.4 Å². The van der Waals surface area contributed by atoms with Crippen molar-refractivity contribution in [3.8, 4) is 0 Å². The van der Waals surface area contributed by atoms with Crippen molar-refractivity contribution in [3.63, 3.8) is 0 Å². The van der Waals surface area contributed by atoms with Crippen LogP contribution in [0.4, 0.5) is 0 Å². The minimum absolute atomic E-state index is 0.0308. The van der Waals surface area contributed by atoms with Crippen molar-refractivity contribution in [2.45, 2.75) is 12.6 Å². The number of thiophene rings is 1. The third kappa shape index (κ3) is 5.76. The predicted octanol–water partition coefficient (Wildman–Crippen LogP) is 3.45. The van der Waals surface area contributed by atoms with E-state index in [0.29, 0.717) is 12.1 Å². The minimum Gasteiger partial charge on any atom is -0.355 e. The zero-order valence-corrected chi connectivity index (χ0v) is 17.4. The fourth-order valence-corrected chi connectivity index (χ4v) is 3.95. The van der Waals surface area contributed by atoms with Gasteiger partial charge in [-0.25, -0.2) is 0 Å². The lowest BCUT2D eigenvalue weighted by atomic mass is 10.1. The molecule has 0 fully saturated rings. The maximum Gasteiger partial charge on any atom is 0.251 e. The van der Waals surface area contributed by atoms with E-state index >= 15 is 0 Å². The molecule has 0 aliphatic rings. The van der Waals surface area contributed by atoms with Gasteiger partial charge in [-0.2, -0.15) is 0 Å². The minimum atomic E-state index is -0.149. The number of rotatable bonds is 8. The van der Waals surface area contributed by atoms with Crippen LogP contribution in [0.25, 0.3) is 0 Å². The van der Waals surface area contributed by atoms with Crippen LogP contribution in [-0.4, -0.2) is 37.4 Å². The van der Waals surface area contributed by atoms with Crippen molar-refractivity contribution in [1.82, 2.24) is 15.5 Å². The number of benzene rings is 2. The molecule has 6 heteroatoms. The molecule has 0 radical (unpaired) electrons. The molecule has 3 aromatic rings. The summed E-state index contributed by atoms with van der Waals surface area (Å²) in [6, 6.07) is 21.3. The molecule has 0 unspecified atom stereocenters. The Morgan fingerprint density at radius 1 is 1.00 bits per heavy atom. The topological polar surface area (TPSA) is 61.4 Å². The van der Waals surface area contributed by atoms with E-state index in [0.717, 1.165) is 16.0 Å². The maximum absolute atomic E-state index is 12.7. The summed E-state index contributed by atoms with van der Waals surface area (Å²) < 4.78 is 0. The van der Waals surface area contributed by atoms with Gasteiger partial charge < -0.3 is 10.6 Å². The van der Waals surface area contributed by atoms with Crippen molar-refractivity contribution in [2.24, 2.45) is 0 Å². The van der Waals surface area contributed by atoms with Gasteiger partial charge in [-0.15, -0.1) is 11.3 Å². The van der Waals surface area contributed by atoms with Crippen molar-refractivity contribution >= 4 is 23.2 Å². The highest BCUT2D eigenvalue weighted by atomic mass is 32.1. The number of nitrogens with zero attached hydrogens (tertiary/aromatic N) is 1. The fraction of sp³-hybridized carbons (Fsp3) is 0.217. The predicted molar refractivity (Wildman–Crippen MR) is 117 cm³/mol. The van der Waals surface area contributed by atoms with Crippen molar-refractivity contribution in [2.75, 3.05) is 20.6 Å². The average molecular weight is 408 g/mol. The van der Waals surface area contributed by atoms with Crippen molar-refractivity contribution in [3.05, 3.63) is 93.7 Å². The molecule has 1 atom stereocenters. The van der Waals surface area contributed by atoms with Crippen LogP contribution in [-0.2, 0) is 11.3 Å². The van der Waals surface area contributed by atoms with E-state index in [1.54, 1.807) is 30.5 Å². The zero-order valence-electron chi connectivity index (χ0n) is 16.6. The second-order valence-corrected chi connectivity index (χ2v) is 7.85. The van der Waals surface area contributed by atoms with E-state index in [1.165, 1.54) is 0 Å². The Balaban J connectivity index is 1.60. The summed E-state index contributed by atoms with van der Waals surface area (Å²) >= 11 is 1.63. The second kappa shape index (κ2) is 10.0. The van der Waals surface area contributed by atoms with Gasteiger partial charge in [-0.1, -0.05) is 48.5 Å². The lowest BCUT2D eigenvalue weighted by Crippen LogP contribution is -2.37. The van der Waals surface area contributed by atoms with Crippen LogP contribution in [0.5, 0.6) is 0 Å². The first-order valence-electron chi connectivity index (χ1n) is 9.44. The molecule has 0 bridgehead atoms. The first-order valence-corrected chi connectivity index (χ1v) is 10.3. The van der Waals surface area contributed by atoms with Crippen molar-refractivity contribution in [1.29, 1.82) is 0 Å². The smallest absolute Gasteiger partial charge is 0.251 e. The number of likely N-dealkylation sites (N-methyl/N-ethyl adjacent to an activating group) is 1. The summed E-state index contributed by atoms with van der Waals surface area (Å²) in [5, 5.41) is 7.79. The van der Waals surface area contributed by atoms with Gasteiger partial charge in [0.15, 0.2) is 0 Å². The Hall–Kier alpha value is -2.96. The number of amides is 2. The summed E-state index contributed by atoms with van der Waals surface area (Å²) in [6.07, 6.45) is 0. The standard InChI is InChI=1S/C23H25N3O2S/c1-24-23(28)19-12-10-17(11-13-19)15-26(2)16-21(27)25-22(20-9-6-14-29-20)18-7-4-3-5-8-18/h3-14,22H,15-16H2,1-2H3,(H,24,28)(H,25,27)/t22-/m0/s1. The summed E-state index contributed by atoms with van der Waals surface area (Å²) in [6.45, 7) is 0.905. The fourth-order valence-electron chi connectivity index (χ4n) is 3.14. The largest absolute Gasteiger partial charge is 0.355 e. The molecule has 2 amide bonds. The van der Waals surface area contributed by atoms with Gasteiger partial charge in [0.1, 0.15) is 0 Å². The number of nitrogens with one attached hydrogen (secondary N) is 2. The van der Waals surface area contributed by atoms with E-state index in [-0.39, 0.29) is 24.4 Å². The molecular weight excluding hydrogens is 382 g/mol. The van der Waals surface area contributed by atoms with Gasteiger partial charge in [0.05, 0.1) is 12.6 Å². The SMILES string of the molecule is CNC(=O)c1ccc(CN(C)CC(=O)N[C@@H](c2ccccc2)c2cccs2)cc1. The monoisotopic (exact) mass is 407 g/mol.